The number of hydrogen-bond acceptors (Lipinski definition) is 3. The summed E-state index contributed by atoms with van der Waals surface area (Å²) in [5, 5.41) is 12.9. The lowest BCUT2D eigenvalue weighted by Gasteiger charge is -2.20. The van der Waals surface area contributed by atoms with Crippen LogP contribution >= 0.6 is 34.0 Å². The Morgan fingerprint density at radius 3 is 0.800 bits per heavy atom. The van der Waals surface area contributed by atoms with Crippen LogP contribution < -0.4 is 0 Å². The van der Waals surface area contributed by atoms with Gasteiger partial charge in [-0.2, -0.15) is 0 Å². The minimum atomic E-state index is -0.412. The van der Waals surface area contributed by atoms with Gasteiger partial charge in [0.2, 0.25) is 0 Å². The van der Waals surface area contributed by atoms with Crippen LogP contribution in [0.15, 0.2) is 460 Å². The minimum absolute atomic E-state index is 0.209. The van der Waals surface area contributed by atoms with Crippen molar-refractivity contribution >= 4 is 181 Å². The van der Waals surface area contributed by atoms with E-state index in [1.165, 1.54) is 30.9 Å². The average Bonchev–Trinajstić information content (AvgIpc) is 0.952. The summed E-state index contributed by atoms with van der Waals surface area (Å²) in [4.78, 5) is 0. The smallest absolute Gasteiger partial charge is 0.0629 e. The second kappa shape index (κ2) is 31.0. The highest BCUT2D eigenvalue weighted by molar-refractivity contribution is 7.27. The van der Waals surface area contributed by atoms with E-state index in [1.807, 2.05) is 243 Å². The van der Waals surface area contributed by atoms with Crippen molar-refractivity contribution < 1.29 is 32.9 Å². The molecule has 0 fully saturated rings. The largest absolute Gasteiger partial charge is 0.135 e. The van der Waals surface area contributed by atoms with Crippen LogP contribution in [0.1, 0.15) is 32.9 Å². The fraction of sp³-hybridized carbons (Fsp3) is 0. The maximum absolute atomic E-state index is 9.43. The molecule has 23 aromatic carbocycles. The fourth-order valence-corrected chi connectivity index (χ4v) is 22.1. The molecule has 582 valence electrons. The quantitative estimate of drug-likeness (QED) is 0.126. The van der Waals surface area contributed by atoms with Crippen LogP contribution in [0.3, 0.4) is 0 Å². The molecule has 0 spiro atoms. The molecule has 0 aliphatic rings. The van der Waals surface area contributed by atoms with Crippen LogP contribution in [0.4, 0.5) is 0 Å². The summed E-state index contributed by atoms with van der Waals surface area (Å²) in [5.74, 6) is 0. The van der Waals surface area contributed by atoms with Crippen LogP contribution in [0.25, 0.3) is 247 Å². The van der Waals surface area contributed by atoms with Crippen molar-refractivity contribution in [3.05, 3.63) is 460 Å². The van der Waals surface area contributed by atoms with Crippen molar-refractivity contribution in [3.63, 3.8) is 0 Å². The van der Waals surface area contributed by atoms with Gasteiger partial charge in [0.05, 0.1) is 32.9 Å². The van der Waals surface area contributed by atoms with Crippen LogP contribution in [-0.4, -0.2) is 0 Å². The zero-order valence-electron chi connectivity index (χ0n) is 90.2. The van der Waals surface area contributed by atoms with Crippen molar-refractivity contribution in [1.82, 2.24) is 0 Å². The van der Waals surface area contributed by atoms with Crippen molar-refractivity contribution in [2.75, 3.05) is 0 Å². The highest BCUT2D eigenvalue weighted by atomic mass is 32.1. The molecule has 0 N–H and O–H groups in total. The Balaban J connectivity index is 0.000000119. The van der Waals surface area contributed by atoms with E-state index in [1.54, 1.807) is 58.3 Å². The number of fused-ring (bicyclic) bond motifs is 17. The standard InChI is InChI=1S/2C42H26S.C38H24S/c1-2-11-30-26-31(25-20-27(30)10-1)41-36-15-5-3-13-34(36)40(35-14-4-6-16-37(35)41)29-23-21-28(22-24-29)32-17-9-18-38-33-12-7-8-19-39(33)43-42(32)38;1-2-13-27(14-3-1)28-25-26-36(30-16-5-4-15-29(28)30)40-32-18-6-8-20-34(32)41(35-21-9-7-19-33(35)40)38-23-12-22-37-31-17-10-11-24-39(31)43-42(37)38;1-2-11-26(12-3-1)36-30-14-4-6-16-32(30)37(33-17-7-5-15-31(33)36)27-23-21-25(22-24-27)28-18-10-19-34-29-13-8-9-20-35(29)39-38(28)34/h2*1-26H;1-24H/i3D,4D,5D,6D,13D,14D,15D,16D;6D,7D,8D,9D,18D,19D,20D,21D;4D,5D,6D,7D,14D,15D,16D,17D. The highest BCUT2D eigenvalue weighted by Crippen LogP contribution is 2.53. The SMILES string of the molecule is [2H]c1c([2H])c([2H])c2c(-c3ccc(-c4cccc5c4sc4ccccc45)cc3)c3c([2H])c([2H])c([2H])c([2H])c3c(-c3ccccc3)c2c1[2H].[2H]c1c([2H])c([2H])c2c(-c3ccc4ccccc4c3)c3c([2H])c([2H])c([2H])c([2H])c3c(-c3ccc(-c4cccc5c4sc4ccccc45)cc3)c2c1[2H].[2H]c1c([2H])c([2H])c2c(-c3cccc4c3sc3ccccc34)c3c([2H])c([2H])c([2H])c([2H])c3c(-c3ccc(-c4ccccc4)c4ccccc34)c2c1[2H]. The van der Waals surface area contributed by atoms with Crippen LogP contribution in [-0.2, 0) is 0 Å². The maximum Gasteiger partial charge on any atom is 0.0629 e. The third kappa shape index (κ3) is 12.6. The monoisotopic (exact) mass is 1660 g/mol. The summed E-state index contributed by atoms with van der Waals surface area (Å²) in [6.07, 6.45) is 0. The molecule has 0 aliphatic heterocycles. The van der Waals surface area contributed by atoms with Gasteiger partial charge in [-0.3, -0.25) is 0 Å². The lowest BCUT2D eigenvalue weighted by atomic mass is 9.83. The van der Waals surface area contributed by atoms with Gasteiger partial charge in [-0.15, -0.1) is 34.0 Å². The molecule has 0 nitrogen and oxygen atoms in total. The van der Waals surface area contributed by atoms with Gasteiger partial charge in [0.1, 0.15) is 0 Å². The van der Waals surface area contributed by atoms with Crippen molar-refractivity contribution in [3.8, 4) is 100 Å². The Kier molecular flexibility index (Phi) is 13.1. The topological polar surface area (TPSA) is 0 Å². The third-order valence-corrected chi connectivity index (χ3v) is 27.6. The van der Waals surface area contributed by atoms with Crippen molar-refractivity contribution in [2.45, 2.75) is 0 Å². The third-order valence-electron chi connectivity index (χ3n) is 24.0. The van der Waals surface area contributed by atoms with E-state index < -0.39 is 72.5 Å². The maximum atomic E-state index is 9.43. The minimum Gasteiger partial charge on any atom is -0.135 e. The number of thiophene rings is 3. The predicted octanol–water partition coefficient (Wildman–Crippen LogP) is 36.4. The normalized spacial score (nSPS) is 14.4. The number of benzene rings is 23. The molecule has 26 rings (SSSR count). The molecule has 26 aromatic rings. The zero-order valence-corrected chi connectivity index (χ0v) is 68.7. The Morgan fingerprint density at radius 1 is 0.144 bits per heavy atom. The second-order valence-corrected chi connectivity index (χ2v) is 33.9. The summed E-state index contributed by atoms with van der Waals surface area (Å²) < 4.78 is 222. The Hall–Kier alpha value is -15.2. The van der Waals surface area contributed by atoms with Crippen LogP contribution in [0, 0.1) is 0 Å². The van der Waals surface area contributed by atoms with Gasteiger partial charge < -0.3 is 0 Å². The molecule has 125 heavy (non-hydrogen) atoms. The van der Waals surface area contributed by atoms with Gasteiger partial charge in [-0.25, -0.2) is 0 Å². The van der Waals surface area contributed by atoms with Crippen molar-refractivity contribution in [1.29, 1.82) is 0 Å². The van der Waals surface area contributed by atoms with Crippen molar-refractivity contribution in [2.24, 2.45) is 0 Å². The molecule has 0 atom stereocenters. The van der Waals surface area contributed by atoms with E-state index in [9.17, 15) is 11.0 Å². The van der Waals surface area contributed by atoms with Gasteiger partial charge in [0, 0.05) is 66.1 Å². The van der Waals surface area contributed by atoms with Crippen LogP contribution in [0.5, 0.6) is 0 Å². The number of hydrogen-bond donors (Lipinski definition) is 0. The fourth-order valence-electron chi connectivity index (χ4n) is 18.4. The molecule has 0 bridgehead atoms. The Morgan fingerprint density at radius 2 is 0.400 bits per heavy atom. The Labute approximate surface area is 769 Å². The lowest BCUT2D eigenvalue weighted by Crippen LogP contribution is -1.92. The van der Waals surface area contributed by atoms with E-state index in [4.69, 9.17) is 21.9 Å². The average molecular weight is 1660 g/mol. The summed E-state index contributed by atoms with van der Waals surface area (Å²) in [6.45, 7) is 0. The summed E-state index contributed by atoms with van der Waals surface area (Å²) in [7, 11) is 0. The van der Waals surface area contributed by atoms with E-state index in [2.05, 4.69) is 48.5 Å². The zero-order chi connectivity index (χ0) is 103. The van der Waals surface area contributed by atoms with Gasteiger partial charge in [0.25, 0.3) is 0 Å². The van der Waals surface area contributed by atoms with E-state index >= 15 is 0 Å². The first-order valence-corrected chi connectivity index (χ1v) is 43.4. The van der Waals surface area contributed by atoms with Gasteiger partial charge in [-0.05, 0) is 205 Å². The first-order chi connectivity index (χ1) is 72.0. The molecule has 3 aromatic heterocycles. The first kappa shape index (κ1) is 52.9. The molecule has 0 unspecified atom stereocenters. The Bertz CT molecular complexity index is 10100. The molecule has 3 heterocycles. The summed E-state index contributed by atoms with van der Waals surface area (Å²) >= 11 is 5.02. The van der Waals surface area contributed by atoms with Gasteiger partial charge in [0.15, 0.2) is 0 Å². The molecule has 3 heteroatoms. The molecule has 0 saturated carbocycles. The van der Waals surface area contributed by atoms with Gasteiger partial charge >= 0.3 is 0 Å². The predicted molar refractivity (Wildman–Crippen MR) is 547 cm³/mol. The van der Waals surface area contributed by atoms with Crippen LogP contribution in [0.2, 0.25) is 0 Å². The van der Waals surface area contributed by atoms with Gasteiger partial charge in [-0.1, -0.05) is 436 Å². The number of rotatable bonds is 9. The second-order valence-electron chi connectivity index (χ2n) is 30.7. The highest BCUT2D eigenvalue weighted by Gasteiger charge is 2.25. The molecule has 0 saturated heterocycles. The summed E-state index contributed by atoms with van der Waals surface area (Å²) in [6, 6.07) is 94.4. The summed E-state index contributed by atoms with van der Waals surface area (Å²) in [5.41, 5.74) is 11.7. The molecule has 0 amide bonds. The molecular weight excluding hydrogens is 1560 g/mol. The first-order valence-electron chi connectivity index (χ1n) is 53.0. The van der Waals surface area contributed by atoms with E-state index in [-0.39, 0.29) is 137 Å². The molecule has 0 aliphatic carbocycles. The molecular formula is C122H76S3. The lowest BCUT2D eigenvalue weighted by molar-refractivity contribution is 1.64. The van der Waals surface area contributed by atoms with E-state index in [0.29, 0.717) is 66.8 Å². The van der Waals surface area contributed by atoms with E-state index in [0.717, 1.165) is 84.5 Å². The molecule has 0 radical (unpaired) electrons.